The molecule has 0 bridgehead atoms. The minimum Gasteiger partial charge on any atom is -0.497 e. The van der Waals surface area contributed by atoms with E-state index in [-0.39, 0.29) is 30.6 Å². The van der Waals surface area contributed by atoms with Gasteiger partial charge in [0.15, 0.2) is 6.61 Å². The van der Waals surface area contributed by atoms with Crippen LogP contribution in [0, 0.1) is 0 Å². The van der Waals surface area contributed by atoms with E-state index in [1.54, 1.807) is 31.5 Å². The molecule has 0 spiro atoms. The number of benzene rings is 1. The third-order valence-corrected chi connectivity index (χ3v) is 7.32. The largest absolute Gasteiger partial charge is 0.497 e. The maximum Gasteiger partial charge on any atom is 0.422 e. The van der Waals surface area contributed by atoms with Crippen molar-refractivity contribution < 1.29 is 42.0 Å². The standard InChI is InChI=1S/C29H30F3N3O6/c1-38-22-8-9-23(19-14-34-28(35-15-19)39-16-29(30,31)32)25(11-22)40-20-4-6-21(7-5-20)41-26-12-24-17(10-27(36)37)2-3-18(24)13-33-26/h8-9,11-15,17,20-21H,2-7,10,16H2,1H3,(H,36,37). The normalized spacial score (nSPS) is 20.2. The zero-order valence-corrected chi connectivity index (χ0v) is 22.4. The first kappa shape index (κ1) is 28.4. The van der Waals surface area contributed by atoms with Crippen LogP contribution in [0.15, 0.2) is 42.9 Å². The number of aliphatic carboxylic acids is 1. The molecule has 12 heteroatoms. The fraction of sp³-hybridized carbons (Fsp3) is 0.448. The smallest absolute Gasteiger partial charge is 0.422 e. The molecule has 1 aromatic carbocycles. The van der Waals surface area contributed by atoms with Gasteiger partial charge in [0.1, 0.15) is 17.6 Å². The number of fused-ring (bicyclic) bond motifs is 1. The Morgan fingerprint density at radius 2 is 1.68 bits per heavy atom. The second-order valence-electron chi connectivity index (χ2n) is 10.2. The van der Waals surface area contributed by atoms with Crippen LogP contribution in [0.1, 0.15) is 55.6 Å². The Bertz CT molecular complexity index is 1360. The molecule has 2 heterocycles. The predicted octanol–water partition coefficient (Wildman–Crippen LogP) is 5.76. The Hall–Kier alpha value is -4.09. The van der Waals surface area contributed by atoms with Crippen LogP contribution < -0.4 is 18.9 Å². The van der Waals surface area contributed by atoms with Gasteiger partial charge in [0.05, 0.1) is 19.6 Å². The molecule has 0 amide bonds. The van der Waals surface area contributed by atoms with Crippen LogP contribution in [-0.4, -0.2) is 58.1 Å². The molecular weight excluding hydrogens is 543 g/mol. The maximum atomic E-state index is 12.4. The minimum absolute atomic E-state index is 0.0111. The van der Waals surface area contributed by atoms with Gasteiger partial charge in [0.25, 0.3) is 0 Å². The number of halogens is 3. The average Bonchev–Trinajstić information content (AvgIpc) is 3.34. The molecule has 1 unspecified atom stereocenters. The maximum absolute atomic E-state index is 12.4. The quantitative estimate of drug-likeness (QED) is 0.323. The summed E-state index contributed by atoms with van der Waals surface area (Å²) in [5.74, 6) is 0.840. The molecule has 0 radical (unpaired) electrons. The Morgan fingerprint density at radius 1 is 0.976 bits per heavy atom. The highest BCUT2D eigenvalue weighted by atomic mass is 19.4. The van der Waals surface area contributed by atoms with Crippen molar-refractivity contribution in [3.05, 3.63) is 54.0 Å². The predicted molar refractivity (Wildman–Crippen MR) is 140 cm³/mol. The summed E-state index contributed by atoms with van der Waals surface area (Å²) in [6.45, 7) is -1.47. The third kappa shape index (κ3) is 7.36. The number of pyridine rings is 1. The number of carbonyl (C=O) groups is 1. The summed E-state index contributed by atoms with van der Waals surface area (Å²) in [7, 11) is 1.55. The van der Waals surface area contributed by atoms with Crippen LogP contribution in [-0.2, 0) is 11.2 Å². The minimum atomic E-state index is -4.48. The number of aryl methyl sites for hydroxylation is 1. The summed E-state index contributed by atoms with van der Waals surface area (Å²) in [4.78, 5) is 23.5. The summed E-state index contributed by atoms with van der Waals surface area (Å²) in [6, 6.07) is 6.83. The van der Waals surface area contributed by atoms with Gasteiger partial charge in [-0.2, -0.15) is 13.2 Å². The van der Waals surface area contributed by atoms with Gasteiger partial charge in [0, 0.05) is 41.9 Å². The van der Waals surface area contributed by atoms with Crippen LogP contribution in [0.5, 0.6) is 23.4 Å². The first-order chi connectivity index (χ1) is 19.7. The van der Waals surface area contributed by atoms with Gasteiger partial charge in [-0.1, -0.05) is 0 Å². The molecule has 0 saturated heterocycles. The number of aromatic nitrogens is 3. The average molecular weight is 574 g/mol. The number of alkyl halides is 3. The molecule has 2 aromatic heterocycles. The molecule has 3 aromatic rings. The Morgan fingerprint density at radius 3 is 2.34 bits per heavy atom. The van der Waals surface area contributed by atoms with Crippen molar-refractivity contribution in [3.63, 3.8) is 0 Å². The third-order valence-electron chi connectivity index (χ3n) is 7.32. The number of ether oxygens (including phenoxy) is 4. The van der Waals surface area contributed by atoms with E-state index in [1.165, 1.54) is 12.4 Å². The highest BCUT2D eigenvalue weighted by Gasteiger charge is 2.30. The lowest BCUT2D eigenvalue weighted by molar-refractivity contribution is -0.154. The topological polar surface area (TPSA) is 113 Å². The van der Waals surface area contributed by atoms with Gasteiger partial charge in [-0.3, -0.25) is 4.79 Å². The summed E-state index contributed by atoms with van der Waals surface area (Å²) < 4.78 is 59.8. The summed E-state index contributed by atoms with van der Waals surface area (Å²) in [5.41, 5.74) is 3.33. The fourth-order valence-electron chi connectivity index (χ4n) is 5.30. The first-order valence-electron chi connectivity index (χ1n) is 13.4. The van der Waals surface area contributed by atoms with E-state index in [0.717, 1.165) is 49.7 Å². The van der Waals surface area contributed by atoms with E-state index < -0.39 is 18.8 Å². The Balaban J connectivity index is 1.21. The van der Waals surface area contributed by atoms with Gasteiger partial charge >= 0.3 is 18.2 Å². The second kappa shape index (κ2) is 12.2. The number of carboxylic acids is 1. The van der Waals surface area contributed by atoms with Gasteiger partial charge in [-0.15, -0.1) is 0 Å². The molecule has 2 aliphatic carbocycles. The molecule has 0 aliphatic heterocycles. The van der Waals surface area contributed by atoms with Crippen LogP contribution in [0.2, 0.25) is 0 Å². The van der Waals surface area contributed by atoms with Crippen LogP contribution in [0.3, 0.4) is 0 Å². The van der Waals surface area contributed by atoms with E-state index in [0.29, 0.717) is 28.5 Å². The van der Waals surface area contributed by atoms with Crippen molar-refractivity contribution in [2.75, 3.05) is 13.7 Å². The van der Waals surface area contributed by atoms with Crippen molar-refractivity contribution in [2.45, 2.75) is 69.2 Å². The second-order valence-corrected chi connectivity index (χ2v) is 10.2. The Labute approximate surface area is 234 Å². The van der Waals surface area contributed by atoms with Crippen LogP contribution >= 0.6 is 0 Å². The molecular formula is C29H30F3N3O6. The van der Waals surface area contributed by atoms with Crippen LogP contribution in [0.25, 0.3) is 11.1 Å². The van der Waals surface area contributed by atoms with Crippen molar-refractivity contribution in [3.8, 4) is 34.5 Å². The molecule has 1 N–H and O–H groups in total. The first-order valence-corrected chi connectivity index (χ1v) is 13.4. The van der Waals surface area contributed by atoms with Crippen molar-refractivity contribution in [2.24, 2.45) is 0 Å². The van der Waals surface area contributed by atoms with Crippen molar-refractivity contribution in [1.82, 2.24) is 15.0 Å². The lowest BCUT2D eigenvalue weighted by Crippen LogP contribution is -2.30. The van der Waals surface area contributed by atoms with Crippen molar-refractivity contribution in [1.29, 1.82) is 0 Å². The lowest BCUT2D eigenvalue weighted by Gasteiger charge is -2.30. The number of hydrogen-bond donors (Lipinski definition) is 1. The zero-order chi connectivity index (χ0) is 29.0. The van der Waals surface area contributed by atoms with E-state index in [1.807, 2.05) is 6.07 Å². The number of methoxy groups -OCH3 is 1. The molecule has 218 valence electrons. The van der Waals surface area contributed by atoms with E-state index >= 15 is 0 Å². The number of rotatable bonds is 10. The van der Waals surface area contributed by atoms with Gasteiger partial charge in [-0.25, -0.2) is 15.0 Å². The molecule has 41 heavy (non-hydrogen) atoms. The van der Waals surface area contributed by atoms with Gasteiger partial charge in [-0.05, 0) is 67.7 Å². The summed E-state index contributed by atoms with van der Waals surface area (Å²) >= 11 is 0. The summed E-state index contributed by atoms with van der Waals surface area (Å²) in [6.07, 6.45) is 4.66. The fourth-order valence-corrected chi connectivity index (χ4v) is 5.30. The number of carboxylic acid groups (broad SMARTS) is 1. The molecule has 1 atom stereocenters. The number of nitrogens with zero attached hydrogens (tertiary/aromatic N) is 3. The molecule has 5 rings (SSSR count). The van der Waals surface area contributed by atoms with Crippen molar-refractivity contribution >= 4 is 5.97 Å². The van der Waals surface area contributed by atoms with E-state index in [2.05, 4.69) is 19.7 Å². The Kier molecular flexibility index (Phi) is 8.46. The monoisotopic (exact) mass is 573 g/mol. The highest BCUT2D eigenvalue weighted by molar-refractivity contribution is 5.70. The van der Waals surface area contributed by atoms with Gasteiger partial charge in [0.2, 0.25) is 5.88 Å². The number of hydrogen-bond acceptors (Lipinski definition) is 8. The lowest BCUT2D eigenvalue weighted by atomic mass is 9.94. The van der Waals surface area contributed by atoms with E-state index in [4.69, 9.17) is 14.2 Å². The molecule has 1 saturated carbocycles. The molecule has 2 aliphatic rings. The molecule has 9 nitrogen and oxygen atoms in total. The molecule has 1 fully saturated rings. The highest BCUT2D eigenvalue weighted by Crippen LogP contribution is 2.38. The van der Waals surface area contributed by atoms with Gasteiger partial charge < -0.3 is 24.1 Å². The van der Waals surface area contributed by atoms with Crippen LogP contribution in [0.4, 0.5) is 13.2 Å². The summed E-state index contributed by atoms with van der Waals surface area (Å²) in [5, 5.41) is 9.22. The SMILES string of the molecule is COc1ccc(-c2cnc(OCC(F)(F)F)nc2)c(OC2CCC(Oc3cc4c(cn3)CCC4CC(=O)O)CC2)c1. The van der Waals surface area contributed by atoms with E-state index in [9.17, 15) is 23.1 Å². The zero-order valence-electron chi connectivity index (χ0n) is 22.4.